The molecule has 1 unspecified atom stereocenters. The van der Waals surface area contributed by atoms with Gasteiger partial charge in [0, 0.05) is 0 Å². The molecule has 0 aromatic carbocycles. The second-order valence-corrected chi connectivity index (χ2v) is 9.27. The number of halogens is 4. The summed E-state index contributed by atoms with van der Waals surface area (Å²) in [7, 11) is 17.0. The molecule has 1 atom stereocenters. The maximum atomic E-state index is 4.94. The Hall–Kier alpha value is 1.61. The van der Waals surface area contributed by atoms with Gasteiger partial charge in [0.05, 0.1) is 19.6 Å². The molecule has 1 fully saturated rings. The molecule has 2 nitrogen and oxygen atoms in total. The Morgan fingerprint density at radius 2 is 1.85 bits per heavy atom. The molecule has 80 valence electrons. The fourth-order valence-electron chi connectivity index (χ4n) is 1.18. The molecular formula is C6H15AlCl4N2. The minimum Gasteiger partial charge on any atom is -1.00 e. The highest BCUT2D eigenvalue weighted by Crippen LogP contribution is 1.97. The summed E-state index contributed by atoms with van der Waals surface area (Å²) < 4.78 is 0. The van der Waals surface area contributed by atoms with Gasteiger partial charge >= 0.3 is 11.4 Å². The third kappa shape index (κ3) is 11.5. The summed E-state index contributed by atoms with van der Waals surface area (Å²) in [4.78, 5) is 4.09. The van der Waals surface area contributed by atoms with Crippen LogP contribution in [0.15, 0.2) is 0 Å². The minimum absolute atomic E-state index is 0. The van der Waals surface area contributed by atoms with Crippen molar-refractivity contribution in [3.63, 3.8) is 0 Å². The summed E-state index contributed by atoms with van der Waals surface area (Å²) >= 11 is -1.72. The standard InChI is InChI=1S/C6H14N2.Al.4ClH/c1-3-8-5-4-7(2)6-8;;;;;/h3-6H2,1-2H3;;4*1H/q;+3;;;;/p-3. The van der Waals surface area contributed by atoms with Crippen LogP contribution in [0.1, 0.15) is 6.92 Å². The monoisotopic (exact) mass is 282 g/mol. The van der Waals surface area contributed by atoms with Crippen molar-refractivity contribution in [3.8, 4) is 0 Å². The second kappa shape index (κ2) is 10.1. The van der Waals surface area contributed by atoms with Crippen LogP contribution in [0, 0.1) is 0 Å². The predicted octanol–water partition coefficient (Wildman–Crippen LogP) is -2.51. The first-order chi connectivity index (χ1) is 5.56. The third-order valence-electron chi connectivity index (χ3n) is 1.84. The maximum absolute atomic E-state index is 4.94. The van der Waals surface area contributed by atoms with Gasteiger partial charge in [0.25, 0.3) is 0 Å². The molecule has 7 heteroatoms. The largest absolute Gasteiger partial charge is 1.00 e. The smallest absolute Gasteiger partial charge is 0.643 e. The Labute approximate surface area is 104 Å². The summed E-state index contributed by atoms with van der Waals surface area (Å²) in [5.41, 5.74) is 0. The van der Waals surface area contributed by atoms with E-state index in [1.165, 1.54) is 26.3 Å². The van der Waals surface area contributed by atoms with Crippen molar-refractivity contribution < 1.29 is 17.3 Å². The molecule has 0 saturated carbocycles. The van der Waals surface area contributed by atoms with E-state index in [1.807, 2.05) is 0 Å². The molecule has 0 aromatic rings. The Balaban J connectivity index is 0. The van der Waals surface area contributed by atoms with Gasteiger partial charge in [-0.2, -0.15) is 0 Å². The molecule has 1 N–H and O–H groups in total. The zero-order valence-corrected chi connectivity index (χ0v) is 12.0. The molecule has 1 aliphatic rings. The quantitative estimate of drug-likeness (QED) is 0.523. The molecule has 0 aromatic heterocycles. The van der Waals surface area contributed by atoms with Crippen molar-refractivity contribution >= 4 is 41.5 Å². The molecule has 0 aliphatic carbocycles. The van der Waals surface area contributed by atoms with Crippen LogP contribution < -0.4 is 17.3 Å². The van der Waals surface area contributed by atoms with Crippen molar-refractivity contribution in [1.82, 2.24) is 4.90 Å². The zero-order chi connectivity index (χ0) is 9.56. The first-order valence-corrected chi connectivity index (χ1v) is 9.24. The number of hydrogen-bond donors (Lipinski definition) is 1. The van der Waals surface area contributed by atoms with E-state index in [-0.39, 0.29) is 12.4 Å². The number of nitrogens with one attached hydrogen (secondary N) is 1. The molecule has 0 bridgehead atoms. The number of hydrogen-bond acceptors (Lipinski definition) is 1. The maximum Gasteiger partial charge on any atom is 0.643 e. The molecule has 1 aliphatic heterocycles. The molecule has 0 amide bonds. The van der Waals surface area contributed by atoms with E-state index in [9.17, 15) is 0 Å². The minimum atomic E-state index is -1.72. The van der Waals surface area contributed by atoms with Crippen LogP contribution >= 0.6 is 30.1 Å². The van der Waals surface area contributed by atoms with Gasteiger partial charge in [0.1, 0.15) is 6.67 Å². The van der Waals surface area contributed by atoms with E-state index in [1.54, 1.807) is 4.90 Å². The van der Waals surface area contributed by atoms with Gasteiger partial charge in [-0.1, -0.05) is 0 Å². The summed E-state index contributed by atoms with van der Waals surface area (Å²) in [5, 5.41) is 0. The summed E-state index contributed by atoms with van der Waals surface area (Å²) in [6.45, 7) is 7.39. The van der Waals surface area contributed by atoms with Gasteiger partial charge in [-0.05, 0) is 14.0 Å². The van der Waals surface area contributed by atoms with E-state index in [0.717, 1.165) is 0 Å². The molecule has 1 heterocycles. The van der Waals surface area contributed by atoms with E-state index < -0.39 is 11.4 Å². The fourth-order valence-corrected chi connectivity index (χ4v) is 1.18. The lowest BCUT2D eigenvalue weighted by Crippen LogP contribution is -3.10. The number of nitrogens with zero attached hydrogens (tertiary/aromatic N) is 1. The van der Waals surface area contributed by atoms with Gasteiger partial charge in [-0.3, -0.25) is 4.90 Å². The highest BCUT2D eigenvalue weighted by Gasteiger charge is 2.16. The highest BCUT2D eigenvalue weighted by atomic mass is 35.8. The highest BCUT2D eigenvalue weighted by molar-refractivity contribution is 7.54. The molecule has 0 radical (unpaired) electrons. The van der Waals surface area contributed by atoms with E-state index in [4.69, 9.17) is 30.1 Å². The predicted molar refractivity (Wildman–Crippen MR) is 57.2 cm³/mol. The average Bonchev–Trinajstić information content (AvgIpc) is 2.34. The van der Waals surface area contributed by atoms with Crippen LogP contribution in [-0.2, 0) is 0 Å². The van der Waals surface area contributed by atoms with Crippen LogP contribution in [0.5, 0.6) is 0 Å². The van der Waals surface area contributed by atoms with Crippen molar-refractivity contribution in [2.75, 3.05) is 33.4 Å². The van der Waals surface area contributed by atoms with Crippen LogP contribution in [-0.4, -0.2) is 49.6 Å². The Morgan fingerprint density at radius 1 is 1.38 bits per heavy atom. The summed E-state index contributed by atoms with van der Waals surface area (Å²) in [6.07, 6.45) is 0. The molecule has 0 spiro atoms. The van der Waals surface area contributed by atoms with Gasteiger partial charge in [-0.15, -0.1) is 0 Å². The SMILES string of the molecule is CC[NH+]1CCN(C)C1.[Cl-].[Cl][Al]([Cl])[Cl]. The number of rotatable bonds is 1. The number of likely N-dealkylation sites (N-methyl/N-ethyl adjacent to an activating group) is 2. The Kier molecular flexibility index (Phi) is 13.3. The van der Waals surface area contributed by atoms with Crippen molar-refractivity contribution in [2.45, 2.75) is 6.92 Å². The average molecular weight is 284 g/mol. The van der Waals surface area contributed by atoms with E-state index in [2.05, 4.69) is 18.9 Å². The first kappa shape index (κ1) is 17.0. The first-order valence-electron chi connectivity index (χ1n) is 4.00. The number of quaternary nitrogens is 1. The van der Waals surface area contributed by atoms with E-state index in [0.29, 0.717) is 0 Å². The molecule has 1 rings (SSSR count). The summed E-state index contributed by atoms with van der Waals surface area (Å²) in [6, 6.07) is 0. The molecular weight excluding hydrogens is 269 g/mol. The second-order valence-electron chi connectivity index (χ2n) is 2.84. The van der Waals surface area contributed by atoms with Gasteiger partial charge in [0.15, 0.2) is 0 Å². The van der Waals surface area contributed by atoms with Crippen LogP contribution in [0.3, 0.4) is 0 Å². The lowest BCUT2D eigenvalue weighted by atomic mass is 10.6. The normalized spacial score (nSPS) is 21.5. The van der Waals surface area contributed by atoms with Crippen LogP contribution in [0.2, 0.25) is 0 Å². The third-order valence-corrected chi connectivity index (χ3v) is 1.84. The van der Waals surface area contributed by atoms with E-state index >= 15 is 0 Å². The van der Waals surface area contributed by atoms with Crippen LogP contribution in [0.25, 0.3) is 0 Å². The van der Waals surface area contributed by atoms with Gasteiger partial charge in [0.2, 0.25) is 0 Å². The topological polar surface area (TPSA) is 7.68 Å². The molecule has 13 heavy (non-hydrogen) atoms. The Morgan fingerprint density at radius 3 is 2.00 bits per heavy atom. The van der Waals surface area contributed by atoms with Gasteiger partial charge < -0.3 is 17.3 Å². The fraction of sp³-hybridized carbons (Fsp3) is 1.00. The lowest BCUT2D eigenvalue weighted by Gasteiger charge is -2.07. The lowest BCUT2D eigenvalue weighted by molar-refractivity contribution is -0.889. The van der Waals surface area contributed by atoms with Gasteiger partial charge in [-0.25, -0.2) is 30.1 Å². The van der Waals surface area contributed by atoms with Crippen molar-refractivity contribution in [3.05, 3.63) is 0 Å². The van der Waals surface area contributed by atoms with Crippen LogP contribution in [0.4, 0.5) is 0 Å². The van der Waals surface area contributed by atoms with Crippen molar-refractivity contribution in [2.24, 2.45) is 0 Å². The summed E-state index contributed by atoms with van der Waals surface area (Å²) in [5.74, 6) is 0. The molecule has 1 saturated heterocycles. The van der Waals surface area contributed by atoms with Crippen molar-refractivity contribution in [1.29, 1.82) is 0 Å². The Bertz CT molecular complexity index is 114. The zero-order valence-electron chi connectivity index (χ0n) is 7.86.